The summed E-state index contributed by atoms with van der Waals surface area (Å²) in [4.78, 5) is 14.3. The third-order valence-electron chi connectivity index (χ3n) is 3.65. The second kappa shape index (κ2) is 5.29. The fraction of sp³-hybridized carbons (Fsp3) is 0.312. The Morgan fingerprint density at radius 2 is 2.15 bits per heavy atom. The number of nitrogens with one attached hydrogen (secondary N) is 1. The first-order valence-corrected chi connectivity index (χ1v) is 7.56. The average molecular weight is 287 g/mol. The van der Waals surface area contributed by atoms with Crippen LogP contribution in [0.25, 0.3) is 0 Å². The Kier molecular flexibility index (Phi) is 3.49. The van der Waals surface area contributed by atoms with Crippen molar-refractivity contribution in [2.24, 2.45) is 0 Å². The van der Waals surface area contributed by atoms with Crippen molar-refractivity contribution in [3.05, 3.63) is 51.2 Å². The number of amides is 1. The zero-order valence-corrected chi connectivity index (χ0v) is 12.4. The third kappa shape index (κ3) is 2.43. The molecule has 1 aliphatic heterocycles. The number of carbonyl (C=O) groups is 1. The number of aryl methyl sites for hydroxylation is 2. The van der Waals surface area contributed by atoms with Crippen molar-refractivity contribution in [3.8, 4) is 5.75 Å². The molecule has 3 rings (SSSR count). The van der Waals surface area contributed by atoms with Gasteiger partial charge in [0, 0.05) is 16.9 Å². The molecule has 0 radical (unpaired) electrons. The van der Waals surface area contributed by atoms with E-state index in [0.717, 1.165) is 22.6 Å². The summed E-state index contributed by atoms with van der Waals surface area (Å²) in [5, 5.41) is 3.12. The maximum Gasteiger partial charge on any atom is 0.261 e. The van der Waals surface area contributed by atoms with Crippen LogP contribution >= 0.6 is 11.3 Å². The van der Waals surface area contributed by atoms with Crippen molar-refractivity contribution in [2.75, 3.05) is 6.61 Å². The summed E-state index contributed by atoms with van der Waals surface area (Å²) >= 11 is 1.55. The topological polar surface area (TPSA) is 38.3 Å². The minimum absolute atomic E-state index is 0.00732. The van der Waals surface area contributed by atoms with Crippen LogP contribution in [0, 0.1) is 13.8 Å². The van der Waals surface area contributed by atoms with Crippen molar-refractivity contribution >= 4 is 17.2 Å². The van der Waals surface area contributed by atoms with Gasteiger partial charge in [-0.1, -0.05) is 18.2 Å². The fourth-order valence-corrected chi connectivity index (χ4v) is 3.34. The molecule has 4 heteroatoms. The molecule has 1 atom stereocenters. The number of carbonyl (C=O) groups excluding carboxylic acids is 1. The first kappa shape index (κ1) is 13.2. The van der Waals surface area contributed by atoms with E-state index in [-0.39, 0.29) is 11.9 Å². The molecule has 0 saturated heterocycles. The molecule has 1 N–H and O–H groups in total. The number of thiophene rings is 1. The number of benzene rings is 1. The van der Waals surface area contributed by atoms with E-state index in [9.17, 15) is 4.79 Å². The molecule has 3 nitrogen and oxygen atoms in total. The Bertz CT molecular complexity index is 628. The van der Waals surface area contributed by atoms with E-state index >= 15 is 0 Å². The third-order valence-corrected chi connectivity index (χ3v) is 4.80. The number of fused-ring (bicyclic) bond motifs is 1. The van der Waals surface area contributed by atoms with Crippen LogP contribution < -0.4 is 10.1 Å². The fourth-order valence-electron chi connectivity index (χ4n) is 2.41. The zero-order valence-electron chi connectivity index (χ0n) is 11.6. The van der Waals surface area contributed by atoms with Crippen LogP contribution in [0.4, 0.5) is 0 Å². The number of rotatable bonds is 2. The van der Waals surface area contributed by atoms with Crippen LogP contribution in [0.5, 0.6) is 5.75 Å². The monoisotopic (exact) mass is 287 g/mol. The minimum atomic E-state index is 0.00732. The summed E-state index contributed by atoms with van der Waals surface area (Å²) in [7, 11) is 0. The molecule has 2 aromatic rings. The molecule has 20 heavy (non-hydrogen) atoms. The maximum atomic E-state index is 12.3. The molecule has 0 fully saturated rings. The van der Waals surface area contributed by atoms with E-state index in [4.69, 9.17) is 4.74 Å². The van der Waals surface area contributed by atoms with Crippen molar-refractivity contribution in [1.29, 1.82) is 0 Å². The molecule has 1 aromatic carbocycles. The molecular weight excluding hydrogens is 270 g/mol. The highest BCUT2D eigenvalue weighted by molar-refractivity contribution is 7.14. The van der Waals surface area contributed by atoms with Gasteiger partial charge >= 0.3 is 0 Å². The Morgan fingerprint density at radius 1 is 1.35 bits per heavy atom. The van der Waals surface area contributed by atoms with Crippen LogP contribution in [0.15, 0.2) is 30.3 Å². The van der Waals surface area contributed by atoms with Crippen LogP contribution in [0.1, 0.15) is 38.1 Å². The SMILES string of the molecule is Cc1cc(C(=O)NC2CCOc3ccccc32)sc1C. The molecular formula is C16H17NO2S. The quantitative estimate of drug-likeness (QED) is 0.916. The van der Waals surface area contributed by atoms with E-state index < -0.39 is 0 Å². The van der Waals surface area contributed by atoms with Crippen molar-refractivity contribution < 1.29 is 9.53 Å². The van der Waals surface area contributed by atoms with Crippen LogP contribution in [0.2, 0.25) is 0 Å². The zero-order chi connectivity index (χ0) is 14.1. The predicted octanol–water partition coefficient (Wildman–Crippen LogP) is 3.62. The standard InChI is InChI=1S/C16H17NO2S/c1-10-9-15(20-11(10)2)16(18)17-13-7-8-19-14-6-4-3-5-12(13)14/h3-6,9,13H,7-8H2,1-2H3,(H,17,18). The first-order chi connectivity index (χ1) is 9.65. The number of ether oxygens (including phenoxy) is 1. The van der Waals surface area contributed by atoms with Crippen LogP contribution in [-0.2, 0) is 0 Å². The highest BCUT2D eigenvalue weighted by Crippen LogP contribution is 2.32. The van der Waals surface area contributed by atoms with Gasteiger partial charge in [0.05, 0.1) is 17.5 Å². The molecule has 1 aliphatic rings. The Labute approximate surface area is 122 Å². The van der Waals surface area contributed by atoms with Gasteiger partial charge in [-0.25, -0.2) is 0 Å². The van der Waals surface area contributed by atoms with E-state index in [1.54, 1.807) is 11.3 Å². The van der Waals surface area contributed by atoms with Crippen LogP contribution in [-0.4, -0.2) is 12.5 Å². The first-order valence-electron chi connectivity index (χ1n) is 6.75. The predicted molar refractivity (Wildman–Crippen MR) is 80.6 cm³/mol. The van der Waals surface area contributed by atoms with E-state index in [0.29, 0.717) is 6.61 Å². The van der Waals surface area contributed by atoms with Gasteiger partial charge in [-0.15, -0.1) is 11.3 Å². The van der Waals surface area contributed by atoms with E-state index in [2.05, 4.69) is 5.32 Å². The van der Waals surface area contributed by atoms with Gasteiger partial charge in [0.15, 0.2) is 0 Å². The molecule has 0 saturated carbocycles. The highest BCUT2D eigenvalue weighted by Gasteiger charge is 2.23. The Balaban J connectivity index is 1.80. The summed E-state index contributed by atoms with van der Waals surface area (Å²) in [6, 6.07) is 9.90. The van der Waals surface area contributed by atoms with Gasteiger partial charge in [-0.05, 0) is 31.5 Å². The summed E-state index contributed by atoms with van der Waals surface area (Å²) in [6.07, 6.45) is 0.812. The molecule has 0 aliphatic carbocycles. The van der Waals surface area contributed by atoms with Crippen LogP contribution in [0.3, 0.4) is 0 Å². The number of para-hydroxylation sites is 1. The van der Waals surface area contributed by atoms with Gasteiger partial charge in [-0.2, -0.15) is 0 Å². The largest absolute Gasteiger partial charge is 0.493 e. The summed E-state index contributed by atoms with van der Waals surface area (Å²) in [6.45, 7) is 4.72. The normalized spacial score (nSPS) is 17.2. The lowest BCUT2D eigenvalue weighted by Gasteiger charge is -2.26. The molecule has 1 unspecified atom stereocenters. The van der Waals surface area contributed by atoms with Crippen molar-refractivity contribution in [2.45, 2.75) is 26.3 Å². The Hall–Kier alpha value is -1.81. The summed E-state index contributed by atoms with van der Waals surface area (Å²) in [5.41, 5.74) is 2.24. The van der Waals surface area contributed by atoms with Gasteiger partial charge in [0.1, 0.15) is 5.75 Å². The van der Waals surface area contributed by atoms with Gasteiger partial charge in [-0.3, -0.25) is 4.79 Å². The average Bonchev–Trinajstić information content (AvgIpc) is 2.79. The lowest BCUT2D eigenvalue weighted by atomic mass is 10.0. The second-order valence-electron chi connectivity index (χ2n) is 5.05. The summed E-state index contributed by atoms with van der Waals surface area (Å²) < 4.78 is 5.62. The lowest BCUT2D eigenvalue weighted by molar-refractivity contribution is 0.0929. The molecule has 0 spiro atoms. The highest BCUT2D eigenvalue weighted by atomic mass is 32.1. The number of hydrogen-bond donors (Lipinski definition) is 1. The molecule has 2 heterocycles. The van der Waals surface area contributed by atoms with E-state index in [1.807, 2.05) is 44.2 Å². The lowest BCUT2D eigenvalue weighted by Crippen LogP contribution is -2.31. The van der Waals surface area contributed by atoms with Gasteiger partial charge in [0.2, 0.25) is 0 Å². The second-order valence-corrected chi connectivity index (χ2v) is 6.31. The Morgan fingerprint density at radius 3 is 2.90 bits per heavy atom. The molecule has 1 amide bonds. The molecule has 0 bridgehead atoms. The maximum absolute atomic E-state index is 12.3. The van der Waals surface area contributed by atoms with E-state index in [1.165, 1.54) is 10.4 Å². The van der Waals surface area contributed by atoms with Crippen molar-refractivity contribution in [3.63, 3.8) is 0 Å². The minimum Gasteiger partial charge on any atom is -0.493 e. The van der Waals surface area contributed by atoms with Gasteiger partial charge < -0.3 is 10.1 Å². The van der Waals surface area contributed by atoms with Crippen molar-refractivity contribution in [1.82, 2.24) is 5.32 Å². The molecule has 1 aromatic heterocycles. The number of hydrogen-bond acceptors (Lipinski definition) is 3. The summed E-state index contributed by atoms with van der Waals surface area (Å²) in [5.74, 6) is 0.885. The van der Waals surface area contributed by atoms with Gasteiger partial charge in [0.25, 0.3) is 5.91 Å². The molecule has 104 valence electrons. The smallest absolute Gasteiger partial charge is 0.261 e.